The Labute approximate surface area is 630 Å². The molecule has 0 amide bonds. The first-order chi connectivity index (χ1) is 46.8. The van der Waals surface area contributed by atoms with E-state index in [-0.39, 0.29) is 0 Å². The van der Waals surface area contributed by atoms with Gasteiger partial charge in [-0.2, -0.15) is 0 Å². The van der Waals surface area contributed by atoms with Gasteiger partial charge in [-0.3, -0.25) is 0 Å². The molecule has 10 heteroatoms. The molecule has 0 spiro atoms. The molecule has 0 saturated heterocycles. The predicted molar refractivity (Wildman–Crippen MR) is 457 cm³/mol. The molecule has 0 aliphatic heterocycles. The van der Waals surface area contributed by atoms with Crippen molar-refractivity contribution >= 4 is 133 Å². The van der Waals surface area contributed by atoms with Crippen LogP contribution in [-0.2, 0) is 25.7 Å². The number of hydrogen-bond donors (Lipinski definition) is 0. The van der Waals surface area contributed by atoms with Crippen LogP contribution in [0.25, 0.3) is 58.5 Å². The second kappa shape index (κ2) is 47.5. The van der Waals surface area contributed by atoms with Crippen molar-refractivity contribution in [3.63, 3.8) is 0 Å². The summed E-state index contributed by atoms with van der Waals surface area (Å²) in [5.74, 6) is 0. The maximum absolute atomic E-state index is 2.65. The van der Waals surface area contributed by atoms with E-state index in [1.54, 1.807) is 37.8 Å². The average Bonchev–Trinajstić information content (AvgIpc) is 1.67. The molecule has 0 saturated carbocycles. The minimum Gasteiger partial charge on any atom is -0.143 e. The van der Waals surface area contributed by atoms with Gasteiger partial charge >= 0.3 is 310 Å². The van der Waals surface area contributed by atoms with Gasteiger partial charge in [-0.25, -0.2) is 0 Å². The van der Waals surface area contributed by atoms with Crippen LogP contribution < -0.4 is 5.79 Å². The van der Waals surface area contributed by atoms with Crippen LogP contribution in [0.5, 0.6) is 0 Å². The van der Waals surface area contributed by atoms with Gasteiger partial charge in [-0.1, -0.05) is 169 Å². The number of aryl methyl sites for hydroxylation is 4. The van der Waals surface area contributed by atoms with Gasteiger partial charge in [-0.05, 0) is 84.0 Å². The topological polar surface area (TPSA) is 0 Å². The van der Waals surface area contributed by atoms with E-state index < -0.39 is 36.8 Å². The molecular formula is C86H132S8Sn2. The predicted octanol–water partition coefficient (Wildman–Crippen LogP) is 32.8. The number of hydrogen-bond acceptors (Lipinski definition) is 8. The summed E-state index contributed by atoms with van der Waals surface area (Å²) >= 11 is 11.9. The summed E-state index contributed by atoms with van der Waals surface area (Å²) in [6.07, 6.45) is 61.2. The third-order valence-electron chi connectivity index (χ3n) is 19.6. The van der Waals surface area contributed by atoms with E-state index in [4.69, 9.17) is 0 Å². The Kier molecular flexibility index (Phi) is 40.8. The molecule has 0 unspecified atom stereocenters. The molecule has 8 rings (SSSR count). The van der Waals surface area contributed by atoms with Crippen molar-refractivity contribution in [1.82, 2.24) is 0 Å². The largest absolute Gasteiger partial charge is 0.143 e. The minimum absolute atomic E-state index is 1.23. The number of thiophene rings is 8. The third kappa shape index (κ3) is 29.7. The van der Waals surface area contributed by atoms with E-state index in [0.29, 0.717) is 0 Å². The maximum Gasteiger partial charge on any atom is 0.0474 e. The zero-order valence-electron chi connectivity index (χ0n) is 62.5. The van der Waals surface area contributed by atoms with Crippen LogP contribution in [0.4, 0.5) is 0 Å². The molecule has 0 nitrogen and oxygen atoms in total. The fourth-order valence-corrected chi connectivity index (χ4v) is 33.2. The summed E-state index contributed by atoms with van der Waals surface area (Å²) in [6.45, 7) is 9.23. The zero-order valence-corrected chi connectivity index (χ0v) is 74.7. The number of rotatable bonds is 52. The second-order valence-corrected chi connectivity index (χ2v) is 69.5. The summed E-state index contributed by atoms with van der Waals surface area (Å²) in [4.78, 5) is 33.4. The van der Waals surface area contributed by atoms with Gasteiger partial charge < -0.3 is 0 Å². The quantitative estimate of drug-likeness (QED) is 0.0263. The van der Waals surface area contributed by atoms with Gasteiger partial charge in [-0.15, -0.1) is 45.3 Å². The molecule has 96 heavy (non-hydrogen) atoms. The Hall–Kier alpha value is -0.803. The van der Waals surface area contributed by atoms with E-state index in [9.17, 15) is 0 Å². The summed E-state index contributed by atoms with van der Waals surface area (Å²) < 4.78 is 3.49. The van der Waals surface area contributed by atoms with Crippen molar-refractivity contribution in [3.05, 3.63) is 106 Å². The first kappa shape index (κ1) is 82.5. The van der Waals surface area contributed by atoms with Crippen LogP contribution in [-0.4, -0.2) is 36.8 Å². The Morgan fingerprint density at radius 2 is 0.427 bits per heavy atom. The van der Waals surface area contributed by atoms with E-state index >= 15 is 0 Å². The standard InChI is InChI=1S/C40H58S4.C40H56S4.6CH3.2Sn/c2*1-3-5-7-9-11-13-15-17-19-21-23-33-29-31-41-39(33)37-27-25-35(43-37)36-26-28-38(44-36)40-34(30-32-42-40)24-22-20-18-16-14-12-10-8-6-4-2;;;;;;;;/h25-32H,3-24H2,1-2H3;25-30H,3-24H2,1-2H3;6*1H3;;. The molecule has 532 valence electrons. The molecule has 0 bridgehead atoms. The molecule has 8 aromatic heterocycles. The van der Waals surface area contributed by atoms with E-state index in [2.05, 4.69) is 164 Å². The Morgan fingerprint density at radius 1 is 0.219 bits per heavy atom. The van der Waals surface area contributed by atoms with E-state index in [0.717, 1.165) is 0 Å². The van der Waals surface area contributed by atoms with Gasteiger partial charge in [0.25, 0.3) is 0 Å². The van der Waals surface area contributed by atoms with Crippen molar-refractivity contribution in [2.45, 2.75) is 340 Å². The first-order valence-electron chi connectivity index (χ1n) is 39.6. The Morgan fingerprint density at radius 3 is 0.667 bits per heavy atom. The monoisotopic (exact) mass is 1660 g/mol. The van der Waals surface area contributed by atoms with Crippen LogP contribution in [0.3, 0.4) is 0 Å². The van der Waals surface area contributed by atoms with Crippen molar-refractivity contribution < 1.29 is 0 Å². The van der Waals surface area contributed by atoms with Crippen LogP contribution in [0.2, 0.25) is 29.6 Å². The van der Waals surface area contributed by atoms with Crippen LogP contribution in [0, 0.1) is 0 Å². The summed E-state index contributed by atoms with van der Waals surface area (Å²) in [5, 5.41) is 4.60. The Bertz CT molecular complexity index is 3040. The molecule has 0 fully saturated rings. The SMILES string of the molecule is CCCCCCCCCCCCc1c[c]([Sn]([CH3])([CH3])[CH3])sc1-c1ccc(-c2ccc(-c3s[c]([Sn]([CH3])([CH3])[CH3])cc3CCCCCCCCCCCC)s2)s1.CCCCCCCCCCCCc1ccsc1-c1ccc(-c2ccc(-c3sccc3CCCCCCCCCCCC)s2)s1. The van der Waals surface area contributed by atoms with Gasteiger partial charge in [0.05, 0.1) is 0 Å². The third-order valence-corrected chi connectivity index (χ3v) is 48.2. The summed E-state index contributed by atoms with van der Waals surface area (Å²) in [7, 11) is 0. The van der Waals surface area contributed by atoms with Gasteiger partial charge in [0.1, 0.15) is 0 Å². The average molecular weight is 1660 g/mol. The summed E-state index contributed by atoms with van der Waals surface area (Å²) in [6, 6.07) is 29.3. The molecule has 0 aromatic carbocycles. The van der Waals surface area contributed by atoms with Crippen molar-refractivity contribution in [2.24, 2.45) is 0 Å². The normalized spacial score (nSPS) is 12.0. The van der Waals surface area contributed by atoms with Crippen molar-refractivity contribution in [2.75, 3.05) is 0 Å². The van der Waals surface area contributed by atoms with Crippen LogP contribution >= 0.6 is 90.7 Å². The molecule has 0 aliphatic rings. The minimum atomic E-state index is -2.15. The smallest absolute Gasteiger partial charge is 0.0474 e. The van der Waals surface area contributed by atoms with Crippen LogP contribution in [0.15, 0.2) is 83.6 Å². The Balaban J connectivity index is 0.000000275. The fourth-order valence-electron chi connectivity index (χ4n) is 13.5. The van der Waals surface area contributed by atoms with Crippen molar-refractivity contribution in [1.29, 1.82) is 0 Å². The molecule has 8 aromatic rings. The molecular weight excluding hydrogens is 1530 g/mol. The van der Waals surface area contributed by atoms with E-state index in [1.165, 1.54) is 331 Å². The summed E-state index contributed by atoms with van der Waals surface area (Å²) in [5.41, 5.74) is 6.40. The molecule has 0 aliphatic carbocycles. The van der Waals surface area contributed by atoms with Crippen LogP contribution in [0.1, 0.15) is 307 Å². The fraction of sp³-hybridized carbons (Fsp3) is 0.628. The maximum atomic E-state index is 2.65. The second-order valence-electron chi connectivity index (χ2n) is 30.4. The zero-order chi connectivity index (χ0) is 68.1. The van der Waals surface area contributed by atoms with Crippen molar-refractivity contribution in [3.8, 4) is 58.5 Å². The number of unbranched alkanes of at least 4 members (excludes halogenated alkanes) is 36. The first-order valence-corrected chi connectivity index (χ1v) is 66.3. The van der Waals surface area contributed by atoms with Gasteiger partial charge in [0.2, 0.25) is 0 Å². The van der Waals surface area contributed by atoms with Gasteiger partial charge in [0.15, 0.2) is 0 Å². The van der Waals surface area contributed by atoms with E-state index in [1.807, 2.05) is 68.0 Å². The van der Waals surface area contributed by atoms with Gasteiger partial charge in [0, 0.05) is 29.3 Å². The molecule has 0 N–H and O–H groups in total. The molecule has 8 heterocycles. The molecule has 0 radical (unpaired) electrons. The molecule has 0 atom stereocenters.